The Morgan fingerprint density at radius 2 is 2.08 bits per heavy atom. The first-order chi connectivity index (χ1) is 11.6. The third-order valence-electron chi connectivity index (χ3n) is 4.45. The van der Waals surface area contributed by atoms with Crippen LogP contribution in [0.5, 0.6) is 0 Å². The van der Waals surface area contributed by atoms with Gasteiger partial charge in [0.2, 0.25) is 0 Å². The molecule has 0 amide bonds. The number of epoxide rings is 1. The second kappa shape index (κ2) is 5.79. The Morgan fingerprint density at radius 1 is 1.25 bits per heavy atom. The lowest BCUT2D eigenvalue weighted by molar-refractivity contribution is 0.251. The second-order valence-corrected chi connectivity index (χ2v) is 6.44. The molecule has 24 heavy (non-hydrogen) atoms. The highest BCUT2D eigenvalue weighted by atomic mass is 35.5. The standard InChI is InChI=1S/C17H14ClF2N3O/c18-14-4-2-1-3-12(14)16-17(24-16,8-23-10-21-9-22-23)13-6-5-11(19)7-15(13)20/h1-7,9-10,12,14,16H,8H2. The molecule has 2 heterocycles. The van der Waals surface area contributed by atoms with Gasteiger partial charge in [0.15, 0.2) is 0 Å². The lowest BCUT2D eigenvalue weighted by Crippen LogP contribution is -2.29. The monoisotopic (exact) mass is 349 g/mol. The molecule has 4 atom stereocenters. The molecule has 1 saturated heterocycles. The van der Waals surface area contributed by atoms with E-state index >= 15 is 0 Å². The molecule has 4 unspecified atom stereocenters. The van der Waals surface area contributed by atoms with Crippen molar-refractivity contribution in [3.63, 3.8) is 0 Å². The number of nitrogens with zero attached hydrogens (tertiary/aromatic N) is 3. The molecular formula is C17H14ClF2N3O. The van der Waals surface area contributed by atoms with E-state index in [0.717, 1.165) is 6.07 Å². The summed E-state index contributed by atoms with van der Waals surface area (Å²) in [5.41, 5.74) is -0.644. The van der Waals surface area contributed by atoms with Gasteiger partial charge in [0, 0.05) is 17.5 Å². The number of ether oxygens (including phenoxy) is 1. The van der Waals surface area contributed by atoms with E-state index in [1.54, 1.807) is 4.68 Å². The van der Waals surface area contributed by atoms with Crippen molar-refractivity contribution in [1.82, 2.24) is 14.8 Å². The molecule has 1 aliphatic carbocycles. The molecule has 2 aromatic rings. The Bertz CT molecular complexity index is 808. The van der Waals surface area contributed by atoms with Crippen LogP contribution in [0, 0.1) is 17.6 Å². The summed E-state index contributed by atoms with van der Waals surface area (Å²) in [6.07, 6.45) is 10.2. The van der Waals surface area contributed by atoms with Crippen molar-refractivity contribution in [3.05, 3.63) is 72.4 Å². The summed E-state index contributed by atoms with van der Waals surface area (Å²) in [5.74, 6) is -1.37. The molecule has 0 bridgehead atoms. The first kappa shape index (κ1) is 15.5. The normalized spacial score (nSPS) is 31.4. The average molecular weight is 350 g/mol. The molecule has 2 aliphatic rings. The third-order valence-corrected chi connectivity index (χ3v) is 4.88. The van der Waals surface area contributed by atoms with E-state index in [1.165, 1.54) is 24.8 Å². The number of rotatable bonds is 4. The molecule has 7 heteroatoms. The maximum Gasteiger partial charge on any atom is 0.143 e. The molecule has 0 radical (unpaired) electrons. The Hall–Kier alpha value is -2.05. The molecule has 0 spiro atoms. The van der Waals surface area contributed by atoms with Crippen LogP contribution in [0.25, 0.3) is 0 Å². The van der Waals surface area contributed by atoms with Crippen LogP contribution >= 0.6 is 11.6 Å². The lowest BCUT2D eigenvalue weighted by Gasteiger charge is -2.20. The second-order valence-electron chi connectivity index (χ2n) is 5.94. The number of halogens is 3. The topological polar surface area (TPSA) is 43.2 Å². The molecular weight excluding hydrogens is 336 g/mol. The minimum absolute atomic E-state index is 0.107. The number of hydrogen-bond acceptors (Lipinski definition) is 3. The van der Waals surface area contributed by atoms with Gasteiger partial charge in [-0.3, -0.25) is 0 Å². The molecule has 1 aromatic carbocycles. The van der Waals surface area contributed by atoms with Crippen molar-refractivity contribution in [2.45, 2.75) is 23.6 Å². The van der Waals surface area contributed by atoms with Crippen LogP contribution in [-0.2, 0) is 16.9 Å². The van der Waals surface area contributed by atoms with E-state index in [2.05, 4.69) is 10.1 Å². The zero-order valence-electron chi connectivity index (χ0n) is 12.5. The van der Waals surface area contributed by atoms with E-state index in [9.17, 15) is 8.78 Å². The minimum atomic E-state index is -0.946. The van der Waals surface area contributed by atoms with Crippen LogP contribution < -0.4 is 0 Å². The van der Waals surface area contributed by atoms with Gasteiger partial charge in [0.1, 0.15) is 36.0 Å². The van der Waals surface area contributed by atoms with Crippen molar-refractivity contribution < 1.29 is 13.5 Å². The van der Waals surface area contributed by atoms with Crippen LogP contribution in [0.3, 0.4) is 0 Å². The van der Waals surface area contributed by atoms with Gasteiger partial charge >= 0.3 is 0 Å². The number of aromatic nitrogens is 3. The average Bonchev–Trinajstić information content (AvgIpc) is 3.01. The molecule has 1 aromatic heterocycles. The number of benzene rings is 1. The quantitative estimate of drug-likeness (QED) is 0.629. The summed E-state index contributed by atoms with van der Waals surface area (Å²) in [6.45, 7) is 0.276. The first-order valence-electron chi connectivity index (χ1n) is 7.55. The summed E-state index contributed by atoms with van der Waals surface area (Å²) in [4.78, 5) is 3.91. The van der Waals surface area contributed by atoms with Crippen molar-refractivity contribution in [3.8, 4) is 0 Å². The van der Waals surface area contributed by atoms with Gasteiger partial charge in [-0.05, 0) is 6.07 Å². The van der Waals surface area contributed by atoms with Crippen molar-refractivity contribution in [2.24, 2.45) is 5.92 Å². The highest BCUT2D eigenvalue weighted by Gasteiger charge is 2.63. The van der Waals surface area contributed by atoms with Crippen LogP contribution in [0.15, 0.2) is 55.2 Å². The number of hydrogen-bond donors (Lipinski definition) is 0. The number of alkyl halides is 1. The van der Waals surface area contributed by atoms with Crippen molar-refractivity contribution >= 4 is 11.6 Å². The van der Waals surface area contributed by atoms with Gasteiger partial charge in [0.05, 0.1) is 11.9 Å². The van der Waals surface area contributed by atoms with E-state index in [1.807, 2.05) is 24.3 Å². The van der Waals surface area contributed by atoms with E-state index in [0.29, 0.717) is 5.56 Å². The van der Waals surface area contributed by atoms with Crippen LogP contribution in [0.2, 0.25) is 0 Å². The highest BCUT2D eigenvalue weighted by Crippen LogP contribution is 2.54. The molecule has 4 rings (SSSR count). The fourth-order valence-electron chi connectivity index (χ4n) is 3.26. The maximum absolute atomic E-state index is 14.4. The summed E-state index contributed by atoms with van der Waals surface area (Å²) < 4.78 is 35.3. The maximum atomic E-state index is 14.4. The molecule has 0 saturated carbocycles. The van der Waals surface area contributed by atoms with Gasteiger partial charge in [-0.15, -0.1) is 11.6 Å². The van der Waals surface area contributed by atoms with Gasteiger partial charge in [-0.2, -0.15) is 5.10 Å². The van der Waals surface area contributed by atoms with Gasteiger partial charge in [-0.1, -0.05) is 30.4 Å². The third kappa shape index (κ3) is 2.56. The van der Waals surface area contributed by atoms with E-state index in [4.69, 9.17) is 16.3 Å². The minimum Gasteiger partial charge on any atom is -0.358 e. The summed E-state index contributed by atoms with van der Waals surface area (Å²) in [6, 6.07) is 3.52. The summed E-state index contributed by atoms with van der Waals surface area (Å²) in [5, 5.41) is 3.83. The van der Waals surface area contributed by atoms with E-state index < -0.39 is 17.2 Å². The summed E-state index contributed by atoms with van der Waals surface area (Å²) >= 11 is 6.37. The molecule has 124 valence electrons. The SMILES string of the molecule is Fc1ccc(C2(Cn3cncn3)OC2C2C=CC=CC2Cl)c(F)c1. The Morgan fingerprint density at radius 3 is 2.79 bits per heavy atom. The predicted molar refractivity (Wildman–Crippen MR) is 84.3 cm³/mol. The zero-order chi connectivity index (χ0) is 16.7. The zero-order valence-corrected chi connectivity index (χ0v) is 13.3. The fourth-order valence-corrected chi connectivity index (χ4v) is 3.56. The lowest BCUT2D eigenvalue weighted by atomic mass is 9.85. The molecule has 0 N–H and O–H groups in total. The smallest absolute Gasteiger partial charge is 0.143 e. The van der Waals surface area contributed by atoms with Crippen LogP contribution in [0.4, 0.5) is 8.78 Å². The van der Waals surface area contributed by atoms with Crippen molar-refractivity contribution in [1.29, 1.82) is 0 Å². The van der Waals surface area contributed by atoms with Gasteiger partial charge in [-0.25, -0.2) is 18.4 Å². The Kier molecular flexibility index (Phi) is 3.73. The fraction of sp³-hybridized carbons (Fsp3) is 0.294. The molecule has 1 fully saturated rings. The predicted octanol–water partition coefficient (Wildman–Crippen LogP) is 3.20. The van der Waals surface area contributed by atoms with Crippen LogP contribution in [0.1, 0.15) is 5.56 Å². The largest absolute Gasteiger partial charge is 0.358 e. The van der Waals surface area contributed by atoms with E-state index in [-0.39, 0.29) is 23.9 Å². The number of allylic oxidation sites excluding steroid dienone is 3. The van der Waals surface area contributed by atoms with Crippen LogP contribution in [-0.4, -0.2) is 26.2 Å². The highest BCUT2D eigenvalue weighted by molar-refractivity contribution is 6.22. The molecule has 1 aliphatic heterocycles. The summed E-state index contributed by atoms with van der Waals surface area (Å²) in [7, 11) is 0. The first-order valence-corrected chi connectivity index (χ1v) is 7.99. The van der Waals surface area contributed by atoms with Gasteiger partial charge in [0.25, 0.3) is 0 Å². The van der Waals surface area contributed by atoms with Gasteiger partial charge < -0.3 is 4.74 Å². The molecule has 4 nitrogen and oxygen atoms in total. The Balaban J connectivity index is 1.72. The Labute approximate surface area is 142 Å². The van der Waals surface area contributed by atoms with Crippen molar-refractivity contribution in [2.75, 3.05) is 0 Å².